The highest BCUT2D eigenvalue weighted by Gasteiger charge is 2.10. The maximum Gasteiger partial charge on any atom is 0.338 e. The Labute approximate surface area is 104 Å². The normalized spacial score (nSPS) is 8.93. The van der Waals surface area contributed by atoms with Crippen molar-refractivity contribution >= 4 is 28.6 Å². The summed E-state index contributed by atoms with van der Waals surface area (Å²) < 4.78 is 5.76. The molecular formula is C11H15IO3. The Morgan fingerprint density at radius 3 is 2.27 bits per heavy atom. The summed E-state index contributed by atoms with van der Waals surface area (Å²) in [5, 5.41) is 7.00. The fraction of sp³-hybridized carbons (Fsp3) is 0.364. The summed E-state index contributed by atoms with van der Waals surface area (Å²) in [7, 11) is 2.40. The van der Waals surface area contributed by atoms with Gasteiger partial charge in [0.05, 0.1) is 12.7 Å². The number of esters is 1. The number of carbonyl (C=O) groups excluding carboxylic acids is 1. The standard InChI is InChI=1S/C10H11IO2.CH4O/c1-6-4-7(2)9(11)5-8(6)10(12)13-3;1-2/h4-5H,1-3H3;2H,1H3. The van der Waals surface area contributed by atoms with Gasteiger partial charge < -0.3 is 9.84 Å². The van der Waals surface area contributed by atoms with Crippen molar-refractivity contribution < 1.29 is 14.6 Å². The number of methoxy groups -OCH3 is 1. The number of hydrogen-bond acceptors (Lipinski definition) is 3. The summed E-state index contributed by atoms with van der Waals surface area (Å²) in [5.41, 5.74) is 2.80. The number of aliphatic hydroxyl groups is 1. The maximum atomic E-state index is 11.3. The molecule has 15 heavy (non-hydrogen) atoms. The average molecular weight is 322 g/mol. The molecule has 0 aliphatic rings. The first-order valence-electron chi connectivity index (χ1n) is 4.36. The van der Waals surface area contributed by atoms with Gasteiger partial charge >= 0.3 is 5.97 Å². The number of aryl methyl sites for hydroxylation is 2. The molecule has 0 radical (unpaired) electrons. The van der Waals surface area contributed by atoms with Crippen LogP contribution in [-0.2, 0) is 4.74 Å². The minimum atomic E-state index is -0.268. The lowest BCUT2D eigenvalue weighted by Gasteiger charge is -2.06. The van der Waals surface area contributed by atoms with Gasteiger partial charge in [-0.05, 0) is 53.6 Å². The van der Waals surface area contributed by atoms with E-state index in [0.29, 0.717) is 5.56 Å². The van der Waals surface area contributed by atoms with Crippen LogP contribution in [0.1, 0.15) is 21.5 Å². The van der Waals surface area contributed by atoms with Gasteiger partial charge in [-0.15, -0.1) is 0 Å². The molecule has 0 atom stereocenters. The third-order valence-corrected chi connectivity index (χ3v) is 3.07. The lowest BCUT2D eigenvalue weighted by Crippen LogP contribution is -2.04. The van der Waals surface area contributed by atoms with Crippen molar-refractivity contribution in [2.45, 2.75) is 13.8 Å². The SMILES string of the molecule is CO.COC(=O)c1cc(I)c(C)cc1C. The zero-order valence-electron chi connectivity index (χ0n) is 9.30. The summed E-state index contributed by atoms with van der Waals surface area (Å²) in [5.74, 6) is -0.268. The van der Waals surface area contributed by atoms with E-state index in [-0.39, 0.29) is 5.97 Å². The summed E-state index contributed by atoms with van der Waals surface area (Å²) in [6.07, 6.45) is 0. The van der Waals surface area contributed by atoms with Gasteiger partial charge in [-0.2, -0.15) is 0 Å². The maximum absolute atomic E-state index is 11.3. The zero-order chi connectivity index (χ0) is 12.0. The summed E-state index contributed by atoms with van der Waals surface area (Å²) in [6, 6.07) is 3.85. The van der Waals surface area contributed by atoms with Crippen LogP contribution in [0, 0.1) is 17.4 Å². The van der Waals surface area contributed by atoms with Crippen LogP contribution < -0.4 is 0 Å². The molecule has 0 heterocycles. The Morgan fingerprint density at radius 1 is 1.27 bits per heavy atom. The average Bonchev–Trinajstić information content (AvgIpc) is 2.25. The molecule has 0 amide bonds. The second kappa shape index (κ2) is 6.79. The minimum Gasteiger partial charge on any atom is -0.465 e. The van der Waals surface area contributed by atoms with Gasteiger partial charge in [0.25, 0.3) is 0 Å². The first kappa shape index (κ1) is 14.4. The summed E-state index contributed by atoms with van der Waals surface area (Å²) in [6.45, 7) is 3.94. The second-order valence-corrected chi connectivity index (χ2v) is 4.07. The fourth-order valence-corrected chi connectivity index (χ4v) is 1.62. The molecule has 1 aromatic rings. The topological polar surface area (TPSA) is 46.5 Å². The molecule has 1 N–H and O–H groups in total. The van der Waals surface area contributed by atoms with Crippen molar-refractivity contribution in [1.82, 2.24) is 0 Å². The predicted molar refractivity (Wildman–Crippen MR) is 68.1 cm³/mol. The first-order valence-corrected chi connectivity index (χ1v) is 5.44. The van der Waals surface area contributed by atoms with Crippen LogP contribution in [0.15, 0.2) is 12.1 Å². The molecule has 0 bridgehead atoms. The molecular weight excluding hydrogens is 307 g/mol. The highest BCUT2D eigenvalue weighted by Crippen LogP contribution is 2.18. The van der Waals surface area contributed by atoms with Crippen molar-refractivity contribution in [1.29, 1.82) is 0 Å². The van der Waals surface area contributed by atoms with E-state index < -0.39 is 0 Å². The number of carbonyl (C=O) groups is 1. The summed E-state index contributed by atoms with van der Waals surface area (Å²) in [4.78, 5) is 11.3. The fourth-order valence-electron chi connectivity index (χ4n) is 1.16. The van der Waals surface area contributed by atoms with Gasteiger partial charge in [-0.3, -0.25) is 0 Å². The van der Waals surface area contributed by atoms with Crippen molar-refractivity contribution in [3.05, 3.63) is 32.4 Å². The molecule has 0 unspecified atom stereocenters. The van der Waals surface area contributed by atoms with Gasteiger partial charge in [0, 0.05) is 10.7 Å². The third-order valence-electron chi connectivity index (χ3n) is 1.91. The summed E-state index contributed by atoms with van der Waals surface area (Å²) >= 11 is 2.21. The van der Waals surface area contributed by atoms with Gasteiger partial charge in [0.2, 0.25) is 0 Å². The third kappa shape index (κ3) is 3.79. The Balaban J connectivity index is 0.000000921. The minimum absolute atomic E-state index is 0.268. The van der Waals surface area contributed by atoms with Crippen LogP contribution in [-0.4, -0.2) is 25.3 Å². The van der Waals surface area contributed by atoms with Crippen molar-refractivity contribution in [2.24, 2.45) is 0 Å². The molecule has 1 aromatic carbocycles. The van der Waals surface area contributed by atoms with Crippen LogP contribution >= 0.6 is 22.6 Å². The van der Waals surface area contributed by atoms with Crippen LogP contribution in [0.2, 0.25) is 0 Å². The van der Waals surface area contributed by atoms with Gasteiger partial charge in [-0.1, -0.05) is 6.07 Å². The largest absolute Gasteiger partial charge is 0.465 e. The van der Waals surface area contributed by atoms with E-state index in [0.717, 1.165) is 16.2 Å². The van der Waals surface area contributed by atoms with Crippen LogP contribution in [0.4, 0.5) is 0 Å². The van der Waals surface area contributed by atoms with Crippen LogP contribution in [0.3, 0.4) is 0 Å². The van der Waals surface area contributed by atoms with E-state index in [1.807, 2.05) is 26.0 Å². The van der Waals surface area contributed by atoms with E-state index in [9.17, 15) is 4.79 Å². The first-order chi connectivity index (χ1) is 7.06. The molecule has 1 rings (SSSR count). The molecule has 0 aliphatic heterocycles. The Morgan fingerprint density at radius 2 is 1.80 bits per heavy atom. The second-order valence-electron chi connectivity index (χ2n) is 2.91. The van der Waals surface area contributed by atoms with Crippen LogP contribution in [0.25, 0.3) is 0 Å². The van der Waals surface area contributed by atoms with Crippen molar-refractivity contribution in [2.75, 3.05) is 14.2 Å². The van der Waals surface area contributed by atoms with Crippen molar-refractivity contribution in [3.8, 4) is 0 Å². The smallest absolute Gasteiger partial charge is 0.338 e. The van der Waals surface area contributed by atoms with E-state index >= 15 is 0 Å². The zero-order valence-corrected chi connectivity index (χ0v) is 11.5. The molecule has 4 heteroatoms. The molecule has 0 spiro atoms. The molecule has 0 fully saturated rings. The number of hydrogen-bond donors (Lipinski definition) is 1. The van der Waals surface area contributed by atoms with Gasteiger partial charge in [0.1, 0.15) is 0 Å². The molecule has 0 saturated heterocycles. The lowest BCUT2D eigenvalue weighted by atomic mass is 10.1. The molecule has 84 valence electrons. The van der Waals surface area contributed by atoms with Crippen molar-refractivity contribution in [3.63, 3.8) is 0 Å². The number of ether oxygens (including phenoxy) is 1. The number of aliphatic hydroxyl groups excluding tert-OH is 1. The van der Waals surface area contributed by atoms with E-state index in [1.165, 1.54) is 12.7 Å². The molecule has 0 aromatic heterocycles. The lowest BCUT2D eigenvalue weighted by molar-refractivity contribution is 0.0600. The number of benzene rings is 1. The number of rotatable bonds is 1. The van der Waals surface area contributed by atoms with Gasteiger partial charge in [-0.25, -0.2) is 4.79 Å². The molecule has 0 saturated carbocycles. The van der Waals surface area contributed by atoms with E-state index in [2.05, 4.69) is 27.3 Å². The van der Waals surface area contributed by atoms with E-state index in [1.54, 1.807) is 0 Å². The highest BCUT2D eigenvalue weighted by atomic mass is 127. The quantitative estimate of drug-likeness (QED) is 0.637. The van der Waals surface area contributed by atoms with E-state index in [4.69, 9.17) is 5.11 Å². The Hall–Kier alpha value is -0.620. The highest BCUT2D eigenvalue weighted by molar-refractivity contribution is 14.1. The van der Waals surface area contributed by atoms with Crippen LogP contribution in [0.5, 0.6) is 0 Å². The molecule has 0 aliphatic carbocycles. The Bertz CT molecular complexity index is 348. The Kier molecular flexibility index (Phi) is 6.51. The number of halogens is 1. The molecule has 3 nitrogen and oxygen atoms in total. The van der Waals surface area contributed by atoms with Gasteiger partial charge in [0.15, 0.2) is 0 Å². The monoisotopic (exact) mass is 322 g/mol. The predicted octanol–water partition coefficient (Wildman–Crippen LogP) is 2.30.